The van der Waals surface area contributed by atoms with Gasteiger partial charge in [0.1, 0.15) is 11.6 Å². The van der Waals surface area contributed by atoms with E-state index < -0.39 is 6.04 Å². The van der Waals surface area contributed by atoms with Crippen LogP contribution in [0.5, 0.6) is 0 Å². The number of nitrogens with one attached hydrogen (secondary N) is 2. The van der Waals surface area contributed by atoms with Crippen LogP contribution in [-0.4, -0.2) is 16.9 Å². The second kappa shape index (κ2) is 6.65. The van der Waals surface area contributed by atoms with Crippen molar-refractivity contribution in [2.24, 2.45) is 0 Å². The molecule has 134 valence electrons. The largest absolute Gasteiger partial charge is 0.440 e. The molecule has 0 spiro atoms. The Labute approximate surface area is 156 Å². The molecule has 0 bridgehead atoms. The number of carbonyl (C=O) groups is 1. The maximum absolute atomic E-state index is 12.5. The first kappa shape index (κ1) is 16.9. The number of aromatic nitrogens is 1. The topological polar surface area (TPSA) is 67.2 Å². The highest BCUT2D eigenvalue weighted by atomic mass is 35.5. The van der Waals surface area contributed by atoms with Gasteiger partial charge < -0.3 is 15.1 Å². The third-order valence-electron chi connectivity index (χ3n) is 4.63. The first-order valence-corrected chi connectivity index (χ1v) is 9.12. The number of hydrogen-bond donors (Lipinski definition) is 2. The van der Waals surface area contributed by atoms with Crippen LogP contribution in [0.15, 0.2) is 40.8 Å². The number of oxazole rings is 1. The monoisotopic (exact) mass is 369 g/mol. The van der Waals surface area contributed by atoms with Gasteiger partial charge >= 0.3 is 0 Å². The van der Waals surface area contributed by atoms with Gasteiger partial charge in [-0.3, -0.25) is 4.79 Å². The second-order valence-electron chi connectivity index (χ2n) is 6.78. The van der Waals surface area contributed by atoms with Crippen LogP contribution in [0.2, 0.25) is 5.02 Å². The number of hydrogen-bond acceptors (Lipinski definition) is 4. The molecular formula is C20H20ClN3O2. The quantitative estimate of drug-likeness (QED) is 0.656. The molecule has 1 saturated carbocycles. The minimum absolute atomic E-state index is 0.130. The Hall–Kier alpha value is -2.53. The molecule has 1 aliphatic rings. The molecule has 5 nitrogen and oxygen atoms in total. The number of halogens is 1. The van der Waals surface area contributed by atoms with Crippen LogP contribution in [0.3, 0.4) is 0 Å². The van der Waals surface area contributed by atoms with Crippen LogP contribution in [0.25, 0.3) is 11.1 Å². The van der Waals surface area contributed by atoms with Crippen molar-refractivity contribution < 1.29 is 9.21 Å². The van der Waals surface area contributed by atoms with Crippen molar-refractivity contribution >= 4 is 40.0 Å². The Morgan fingerprint density at radius 3 is 2.88 bits per heavy atom. The molecule has 0 saturated heterocycles. The van der Waals surface area contributed by atoms with E-state index in [0.29, 0.717) is 10.9 Å². The van der Waals surface area contributed by atoms with Gasteiger partial charge in [-0.2, -0.15) is 0 Å². The number of fused-ring (bicyclic) bond motifs is 1. The number of carbonyl (C=O) groups excluding carboxylic acids is 1. The summed E-state index contributed by atoms with van der Waals surface area (Å²) in [6, 6.07) is 10.8. The van der Waals surface area contributed by atoms with Gasteiger partial charge in [0.05, 0.1) is 0 Å². The van der Waals surface area contributed by atoms with E-state index in [1.54, 1.807) is 6.07 Å². The van der Waals surface area contributed by atoms with Crippen molar-refractivity contribution in [3.8, 4) is 0 Å². The van der Waals surface area contributed by atoms with Gasteiger partial charge in [-0.25, -0.2) is 4.98 Å². The molecule has 0 aliphatic heterocycles. The van der Waals surface area contributed by atoms with E-state index in [0.717, 1.165) is 46.8 Å². The van der Waals surface area contributed by atoms with E-state index >= 15 is 0 Å². The zero-order chi connectivity index (χ0) is 18.3. The number of nitrogens with zero attached hydrogens (tertiary/aromatic N) is 1. The maximum atomic E-state index is 12.5. The fourth-order valence-corrected chi connectivity index (χ4v) is 3.01. The SMILES string of the molecule is Cc1c(Cl)cccc1NC(=O)[C@H](C)Nc1ccc2oc(C3CC3)nc2c1. The van der Waals surface area contributed by atoms with Crippen molar-refractivity contribution in [3.63, 3.8) is 0 Å². The summed E-state index contributed by atoms with van der Waals surface area (Å²) in [4.78, 5) is 17.0. The van der Waals surface area contributed by atoms with Gasteiger partial charge in [-0.05, 0) is 62.6 Å². The summed E-state index contributed by atoms with van der Waals surface area (Å²) in [6.07, 6.45) is 2.30. The average Bonchev–Trinajstić information content (AvgIpc) is 3.38. The van der Waals surface area contributed by atoms with E-state index in [1.165, 1.54) is 0 Å². The summed E-state index contributed by atoms with van der Waals surface area (Å²) >= 11 is 6.11. The lowest BCUT2D eigenvalue weighted by Crippen LogP contribution is -2.32. The Morgan fingerprint density at radius 2 is 2.12 bits per heavy atom. The van der Waals surface area contributed by atoms with Gasteiger partial charge in [0.25, 0.3) is 0 Å². The Bertz CT molecular complexity index is 978. The molecule has 1 amide bonds. The van der Waals surface area contributed by atoms with Crippen molar-refractivity contribution in [3.05, 3.63) is 52.9 Å². The molecule has 2 aromatic carbocycles. The van der Waals surface area contributed by atoms with Crippen LogP contribution >= 0.6 is 11.6 Å². The molecule has 0 radical (unpaired) electrons. The summed E-state index contributed by atoms with van der Waals surface area (Å²) in [7, 11) is 0. The van der Waals surface area contributed by atoms with Crippen molar-refractivity contribution in [2.45, 2.75) is 38.6 Å². The number of amides is 1. The van der Waals surface area contributed by atoms with Crippen molar-refractivity contribution in [2.75, 3.05) is 10.6 Å². The Kier molecular flexibility index (Phi) is 4.32. The maximum Gasteiger partial charge on any atom is 0.246 e. The minimum atomic E-state index is -0.416. The smallest absolute Gasteiger partial charge is 0.246 e. The predicted octanol–water partition coefficient (Wildman–Crippen LogP) is 5.11. The van der Waals surface area contributed by atoms with Crippen LogP contribution < -0.4 is 10.6 Å². The normalized spacial score (nSPS) is 15.0. The lowest BCUT2D eigenvalue weighted by atomic mass is 10.2. The summed E-state index contributed by atoms with van der Waals surface area (Å²) in [5.41, 5.74) is 4.00. The molecule has 2 N–H and O–H groups in total. The molecule has 1 heterocycles. The van der Waals surface area contributed by atoms with E-state index in [-0.39, 0.29) is 5.91 Å². The molecule has 1 atom stereocenters. The third kappa shape index (κ3) is 3.40. The van der Waals surface area contributed by atoms with Crippen molar-refractivity contribution in [1.29, 1.82) is 0 Å². The average molecular weight is 370 g/mol. The fourth-order valence-electron chi connectivity index (χ4n) is 2.84. The van der Waals surface area contributed by atoms with E-state index in [4.69, 9.17) is 16.0 Å². The highest BCUT2D eigenvalue weighted by Gasteiger charge is 2.29. The lowest BCUT2D eigenvalue weighted by Gasteiger charge is -2.16. The summed E-state index contributed by atoms with van der Waals surface area (Å²) in [5.74, 6) is 1.16. The van der Waals surface area contributed by atoms with Gasteiger partial charge in [0, 0.05) is 22.3 Å². The predicted molar refractivity (Wildman–Crippen MR) is 104 cm³/mol. The number of benzene rings is 2. The first-order valence-electron chi connectivity index (χ1n) is 8.74. The van der Waals surface area contributed by atoms with Gasteiger partial charge in [-0.15, -0.1) is 0 Å². The molecule has 26 heavy (non-hydrogen) atoms. The molecule has 1 aliphatic carbocycles. The molecule has 0 unspecified atom stereocenters. The molecular weight excluding hydrogens is 350 g/mol. The highest BCUT2D eigenvalue weighted by molar-refractivity contribution is 6.31. The van der Waals surface area contributed by atoms with E-state index in [1.807, 2.05) is 44.2 Å². The molecule has 4 rings (SSSR count). The van der Waals surface area contributed by atoms with Gasteiger partial charge in [0.2, 0.25) is 5.91 Å². The zero-order valence-electron chi connectivity index (χ0n) is 14.7. The van der Waals surface area contributed by atoms with E-state index in [9.17, 15) is 4.79 Å². The Morgan fingerprint density at radius 1 is 1.31 bits per heavy atom. The third-order valence-corrected chi connectivity index (χ3v) is 5.04. The van der Waals surface area contributed by atoms with E-state index in [2.05, 4.69) is 15.6 Å². The summed E-state index contributed by atoms with van der Waals surface area (Å²) < 4.78 is 5.77. The minimum Gasteiger partial charge on any atom is -0.440 e. The van der Waals surface area contributed by atoms with Crippen LogP contribution in [0, 0.1) is 6.92 Å². The van der Waals surface area contributed by atoms with Crippen LogP contribution in [-0.2, 0) is 4.79 Å². The summed E-state index contributed by atoms with van der Waals surface area (Å²) in [6.45, 7) is 3.70. The molecule has 1 aromatic heterocycles. The van der Waals surface area contributed by atoms with Gasteiger partial charge in [0.15, 0.2) is 11.5 Å². The lowest BCUT2D eigenvalue weighted by molar-refractivity contribution is -0.116. The van der Waals surface area contributed by atoms with Gasteiger partial charge in [-0.1, -0.05) is 17.7 Å². The Balaban J connectivity index is 1.46. The second-order valence-corrected chi connectivity index (χ2v) is 7.18. The fraction of sp³-hybridized carbons (Fsp3) is 0.300. The standard InChI is InChI=1S/C20H20ClN3O2/c1-11-15(21)4-3-5-16(11)23-19(25)12(2)22-14-8-9-18-17(10-14)24-20(26-18)13-6-7-13/h3-5,8-10,12-13,22H,6-7H2,1-2H3,(H,23,25)/t12-/m0/s1. The zero-order valence-corrected chi connectivity index (χ0v) is 15.4. The summed E-state index contributed by atoms with van der Waals surface area (Å²) in [5, 5.41) is 6.76. The molecule has 3 aromatic rings. The first-order chi connectivity index (χ1) is 12.5. The molecule has 1 fully saturated rings. The van der Waals surface area contributed by atoms with Crippen LogP contribution in [0.1, 0.15) is 37.1 Å². The van der Waals surface area contributed by atoms with Crippen LogP contribution in [0.4, 0.5) is 11.4 Å². The molecule has 6 heteroatoms. The van der Waals surface area contributed by atoms with Crippen molar-refractivity contribution in [1.82, 2.24) is 4.98 Å². The number of anilines is 2. The highest BCUT2D eigenvalue weighted by Crippen LogP contribution is 2.40. The number of rotatable bonds is 5.